The second-order valence-electron chi connectivity index (χ2n) is 7.45. The molecule has 0 fully saturated rings. The third kappa shape index (κ3) is 5.65. The van der Waals surface area contributed by atoms with E-state index in [2.05, 4.69) is 5.32 Å². The Morgan fingerprint density at radius 2 is 1.47 bits per heavy atom. The van der Waals surface area contributed by atoms with Gasteiger partial charge in [0.2, 0.25) is 5.91 Å². The highest BCUT2D eigenvalue weighted by atomic mass is 16.5. The number of nitrogens with two attached hydrogens (primary N) is 1. The van der Waals surface area contributed by atoms with Gasteiger partial charge in [-0.15, -0.1) is 0 Å². The fourth-order valence-corrected chi connectivity index (χ4v) is 3.30. The first-order valence-electron chi connectivity index (χ1n) is 10.1. The maximum absolute atomic E-state index is 12.7. The van der Waals surface area contributed by atoms with Gasteiger partial charge < -0.3 is 25.4 Å². The number of carbonyl (C=O) groups is 2. The minimum Gasteiger partial charge on any atom is -0.496 e. The summed E-state index contributed by atoms with van der Waals surface area (Å²) in [5.41, 5.74) is 7.19. The molecule has 0 saturated carbocycles. The fourth-order valence-electron chi connectivity index (χ4n) is 3.30. The number of rotatable bonds is 9. The number of nitrogens with zero attached hydrogens (tertiary/aromatic N) is 1. The van der Waals surface area contributed by atoms with Crippen molar-refractivity contribution < 1.29 is 19.1 Å². The van der Waals surface area contributed by atoms with Gasteiger partial charge in [0.15, 0.2) is 0 Å². The fraction of sp³-hybridized carbons (Fsp3) is 0.200. The van der Waals surface area contributed by atoms with E-state index in [-0.39, 0.29) is 11.9 Å². The van der Waals surface area contributed by atoms with Crippen molar-refractivity contribution in [2.45, 2.75) is 6.04 Å². The van der Waals surface area contributed by atoms with Crippen molar-refractivity contribution in [3.63, 3.8) is 0 Å². The number of benzene rings is 3. The summed E-state index contributed by atoms with van der Waals surface area (Å²) < 4.78 is 11.2. The van der Waals surface area contributed by atoms with E-state index in [1.54, 1.807) is 55.6 Å². The standard InChI is InChI=1S/C25H27N3O4/c1-28(2)22(21-6-4-5-7-23(21)31-3)16-27-25(30)18-10-14-20(15-11-18)32-19-12-8-17(9-13-19)24(26)29/h4-15,22H,16H2,1-3H3,(H2,26,29)(H,27,30). The van der Waals surface area contributed by atoms with Gasteiger partial charge in [0.25, 0.3) is 5.91 Å². The highest BCUT2D eigenvalue weighted by Gasteiger charge is 2.19. The predicted octanol–water partition coefficient (Wildman–Crippen LogP) is 3.62. The molecular formula is C25H27N3O4. The molecule has 0 aliphatic rings. The van der Waals surface area contributed by atoms with Crippen LogP contribution in [0.25, 0.3) is 0 Å². The maximum atomic E-state index is 12.7. The number of methoxy groups -OCH3 is 1. The zero-order valence-electron chi connectivity index (χ0n) is 18.4. The highest BCUT2D eigenvalue weighted by molar-refractivity contribution is 5.94. The van der Waals surface area contributed by atoms with Crippen molar-refractivity contribution in [3.8, 4) is 17.2 Å². The largest absolute Gasteiger partial charge is 0.496 e. The molecule has 166 valence electrons. The average Bonchev–Trinajstić information content (AvgIpc) is 2.80. The third-order valence-corrected chi connectivity index (χ3v) is 5.07. The smallest absolute Gasteiger partial charge is 0.251 e. The molecule has 0 aromatic heterocycles. The van der Waals surface area contributed by atoms with Crippen LogP contribution in [-0.2, 0) is 0 Å². The molecule has 2 amide bonds. The Kier molecular flexibility index (Phi) is 7.46. The van der Waals surface area contributed by atoms with Crippen molar-refractivity contribution in [2.24, 2.45) is 5.73 Å². The quantitative estimate of drug-likeness (QED) is 0.538. The number of hydrogen-bond donors (Lipinski definition) is 2. The monoisotopic (exact) mass is 433 g/mol. The van der Waals surface area contributed by atoms with Crippen LogP contribution in [0.5, 0.6) is 17.2 Å². The molecule has 3 aromatic carbocycles. The minimum atomic E-state index is -0.492. The van der Waals surface area contributed by atoms with Crippen LogP contribution in [0.2, 0.25) is 0 Å². The third-order valence-electron chi connectivity index (χ3n) is 5.07. The van der Waals surface area contributed by atoms with Gasteiger partial charge >= 0.3 is 0 Å². The summed E-state index contributed by atoms with van der Waals surface area (Å²) in [6.45, 7) is 0.427. The minimum absolute atomic E-state index is 0.0407. The molecule has 0 spiro atoms. The summed E-state index contributed by atoms with van der Waals surface area (Å²) in [5, 5.41) is 3.00. The maximum Gasteiger partial charge on any atom is 0.251 e. The van der Waals surface area contributed by atoms with Gasteiger partial charge in [-0.3, -0.25) is 9.59 Å². The first-order valence-corrected chi connectivity index (χ1v) is 10.1. The van der Waals surface area contributed by atoms with Crippen LogP contribution in [0.1, 0.15) is 32.3 Å². The molecule has 0 aliphatic carbocycles. The van der Waals surface area contributed by atoms with Crippen molar-refractivity contribution in [3.05, 3.63) is 89.5 Å². The molecule has 3 N–H and O–H groups in total. The van der Waals surface area contributed by atoms with E-state index < -0.39 is 5.91 Å². The van der Waals surface area contributed by atoms with Crippen molar-refractivity contribution in [2.75, 3.05) is 27.7 Å². The number of likely N-dealkylation sites (N-methyl/N-ethyl adjacent to an activating group) is 1. The lowest BCUT2D eigenvalue weighted by atomic mass is 10.0. The van der Waals surface area contributed by atoms with Gasteiger partial charge in [-0.25, -0.2) is 0 Å². The van der Waals surface area contributed by atoms with E-state index >= 15 is 0 Å². The Morgan fingerprint density at radius 3 is 2.00 bits per heavy atom. The highest BCUT2D eigenvalue weighted by Crippen LogP contribution is 2.27. The van der Waals surface area contributed by atoms with Gasteiger partial charge in [0.05, 0.1) is 13.2 Å². The normalized spacial score (nSPS) is 11.6. The zero-order valence-corrected chi connectivity index (χ0v) is 18.4. The summed E-state index contributed by atoms with van der Waals surface area (Å²) >= 11 is 0. The molecule has 0 saturated heterocycles. The molecule has 0 bridgehead atoms. The van der Waals surface area contributed by atoms with Gasteiger partial charge in [0.1, 0.15) is 17.2 Å². The average molecular weight is 434 g/mol. The van der Waals surface area contributed by atoms with E-state index in [0.717, 1.165) is 11.3 Å². The van der Waals surface area contributed by atoms with E-state index in [4.69, 9.17) is 15.2 Å². The lowest BCUT2D eigenvalue weighted by Gasteiger charge is -2.26. The van der Waals surface area contributed by atoms with Crippen molar-refractivity contribution in [1.82, 2.24) is 10.2 Å². The molecule has 7 heteroatoms. The molecule has 32 heavy (non-hydrogen) atoms. The zero-order chi connectivity index (χ0) is 23.1. The second kappa shape index (κ2) is 10.5. The Bertz CT molecular complexity index is 1060. The van der Waals surface area contributed by atoms with E-state index in [0.29, 0.717) is 29.2 Å². The number of primary amides is 1. The van der Waals surface area contributed by atoms with Crippen molar-refractivity contribution >= 4 is 11.8 Å². The molecule has 7 nitrogen and oxygen atoms in total. The molecule has 3 rings (SSSR count). The van der Waals surface area contributed by atoms with Crippen molar-refractivity contribution in [1.29, 1.82) is 0 Å². The summed E-state index contributed by atoms with van der Waals surface area (Å²) in [7, 11) is 5.57. The number of ether oxygens (including phenoxy) is 2. The SMILES string of the molecule is COc1ccccc1C(CNC(=O)c1ccc(Oc2ccc(C(N)=O)cc2)cc1)N(C)C. The molecule has 1 atom stereocenters. The number of hydrogen-bond acceptors (Lipinski definition) is 5. The molecule has 0 aliphatic heterocycles. The number of amides is 2. The van der Waals surface area contributed by atoms with Crippen LogP contribution in [0, 0.1) is 0 Å². The van der Waals surface area contributed by atoms with E-state index in [1.165, 1.54) is 0 Å². The van der Waals surface area contributed by atoms with Crippen LogP contribution >= 0.6 is 0 Å². The molecular weight excluding hydrogens is 406 g/mol. The number of para-hydroxylation sites is 1. The molecule has 3 aromatic rings. The van der Waals surface area contributed by atoms with Crippen LogP contribution in [-0.4, -0.2) is 44.5 Å². The van der Waals surface area contributed by atoms with Crippen LogP contribution in [0.4, 0.5) is 0 Å². The second-order valence-corrected chi connectivity index (χ2v) is 7.45. The van der Waals surface area contributed by atoms with Gasteiger partial charge in [-0.2, -0.15) is 0 Å². The van der Waals surface area contributed by atoms with Crippen LogP contribution in [0.3, 0.4) is 0 Å². The predicted molar refractivity (Wildman–Crippen MR) is 123 cm³/mol. The Labute approximate surface area is 187 Å². The summed E-state index contributed by atoms with van der Waals surface area (Å²) in [6.07, 6.45) is 0. The lowest BCUT2D eigenvalue weighted by molar-refractivity contribution is 0.0940. The van der Waals surface area contributed by atoms with Gasteiger partial charge in [-0.1, -0.05) is 18.2 Å². The Hall–Kier alpha value is -3.84. The van der Waals surface area contributed by atoms with Gasteiger partial charge in [0, 0.05) is 23.2 Å². The molecule has 1 unspecified atom stereocenters. The van der Waals surface area contributed by atoms with Crippen LogP contribution in [0.15, 0.2) is 72.8 Å². The number of carbonyl (C=O) groups excluding carboxylic acids is 2. The summed E-state index contributed by atoms with van der Waals surface area (Å²) in [6, 6.07) is 21.1. The first kappa shape index (κ1) is 22.8. The Morgan fingerprint density at radius 1 is 0.906 bits per heavy atom. The summed E-state index contributed by atoms with van der Waals surface area (Å²) in [5.74, 6) is 1.26. The van der Waals surface area contributed by atoms with E-state index in [1.807, 2.05) is 43.3 Å². The number of nitrogens with one attached hydrogen (secondary N) is 1. The van der Waals surface area contributed by atoms with Crippen LogP contribution < -0.4 is 20.5 Å². The first-order chi connectivity index (χ1) is 15.4. The van der Waals surface area contributed by atoms with Gasteiger partial charge in [-0.05, 0) is 68.7 Å². The molecule has 0 heterocycles. The topological polar surface area (TPSA) is 93.9 Å². The lowest BCUT2D eigenvalue weighted by Crippen LogP contribution is -2.34. The summed E-state index contributed by atoms with van der Waals surface area (Å²) in [4.78, 5) is 25.9. The van der Waals surface area contributed by atoms with E-state index in [9.17, 15) is 9.59 Å². The molecule has 0 radical (unpaired) electrons. The Balaban J connectivity index is 1.63.